The molecule has 0 radical (unpaired) electrons. The normalized spacial score (nSPS) is 10.1. The summed E-state index contributed by atoms with van der Waals surface area (Å²) in [5.74, 6) is -2.05. The molecule has 0 aliphatic heterocycles. The zero-order valence-electron chi connectivity index (χ0n) is 10.8. The van der Waals surface area contributed by atoms with Crippen molar-refractivity contribution in [3.8, 4) is 5.75 Å². The summed E-state index contributed by atoms with van der Waals surface area (Å²) >= 11 is 0. The number of aliphatic carboxylic acids is 1. The zero-order chi connectivity index (χ0) is 15.0. The highest BCUT2D eigenvalue weighted by Gasteiger charge is 2.04. The molecule has 106 valence electrons. The molecular formula is C13H14N2O5. The van der Waals surface area contributed by atoms with Crippen LogP contribution in [0.2, 0.25) is 0 Å². The van der Waals surface area contributed by atoms with E-state index in [0.29, 0.717) is 11.8 Å². The minimum atomic E-state index is -1.26. The van der Waals surface area contributed by atoms with E-state index < -0.39 is 17.8 Å². The summed E-state index contributed by atoms with van der Waals surface area (Å²) in [5.41, 5.74) is 5.16. The standard InChI is InChI=1S/C13H14N2O5/c1-9-2-4-10(5-3-9)20-8-12(17)15-14-11(16)6-7-13(18)19/h2-7H,8H2,1H3,(H,14,16)(H,15,17)(H,18,19). The Morgan fingerprint density at radius 2 is 1.80 bits per heavy atom. The van der Waals surface area contributed by atoms with E-state index in [1.165, 1.54) is 0 Å². The highest BCUT2D eigenvalue weighted by molar-refractivity contribution is 5.94. The van der Waals surface area contributed by atoms with Gasteiger partial charge < -0.3 is 9.84 Å². The summed E-state index contributed by atoms with van der Waals surface area (Å²) in [6, 6.07) is 7.12. The van der Waals surface area contributed by atoms with Crippen LogP contribution in [-0.4, -0.2) is 29.5 Å². The Morgan fingerprint density at radius 1 is 1.15 bits per heavy atom. The van der Waals surface area contributed by atoms with Crippen LogP contribution in [0.15, 0.2) is 36.4 Å². The molecule has 1 rings (SSSR count). The fraction of sp³-hybridized carbons (Fsp3) is 0.154. The lowest BCUT2D eigenvalue weighted by Crippen LogP contribution is -2.43. The number of hydrogen-bond donors (Lipinski definition) is 3. The number of benzene rings is 1. The first-order valence-electron chi connectivity index (χ1n) is 5.66. The molecule has 0 heterocycles. The van der Waals surface area contributed by atoms with E-state index in [2.05, 4.69) is 5.43 Å². The van der Waals surface area contributed by atoms with E-state index >= 15 is 0 Å². The number of aryl methyl sites for hydroxylation is 1. The van der Waals surface area contributed by atoms with Gasteiger partial charge in [-0.3, -0.25) is 20.4 Å². The van der Waals surface area contributed by atoms with Gasteiger partial charge in [-0.15, -0.1) is 0 Å². The molecule has 7 nitrogen and oxygen atoms in total. The second-order valence-electron chi connectivity index (χ2n) is 3.81. The molecule has 0 aromatic heterocycles. The first kappa shape index (κ1) is 15.2. The number of carboxylic acid groups (broad SMARTS) is 1. The SMILES string of the molecule is Cc1ccc(OCC(=O)NNC(=O)C=CC(=O)O)cc1. The van der Waals surface area contributed by atoms with Crippen molar-refractivity contribution in [1.82, 2.24) is 10.9 Å². The van der Waals surface area contributed by atoms with Gasteiger partial charge in [0, 0.05) is 12.2 Å². The highest BCUT2D eigenvalue weighted by atomic mass is 16.5. The molecule has 0 saturated carbocycles. The Kier molecular flexibility index (Phi) is 5.76. The predicted molar refractivity (Wildman–Crippen MR) is 69.7 cm³/mol. The van der Waals surface area contributed by atoms with Crippen LogP contribution < -0.4 is 15.6 Å². The third-order valence-electron chi connectivity index (χ3n) is 2.09. The van der Waals surface area contributed by atoms with Gasteiger partial charge in [-0.1, -0.05) is 17.7 Å². The largest absolute Gasteiger partial charge is 0.484 e. The summed E-state index contributed by atoms with van der Waals surface area (Å²) in [4.78, 5) is 32.5. The average molecular weight is 278 g/mol. The topological polar surface area (TPSA) is 105 Å². The molecule has 0 spiro atoms. The van der Waals surface area contributed by atoms with Crippen LogP contribution in [0.5, 0.6) is 5.75 Å². The van der Waals surface area contributed by atoms with Gasteiger partial charge in [-0.05, 0) is 19.1 Å². The van der Waals surface area contributed by atoms with Crippen molar-refractivity contribution in [3.63, 3.8) is 0 Å². The molecule has 0 aliphatic carbocycles. The molecule has 1 aromatic rings. The summed E-state index contributed by atoms with van der Waals surface area (Å²) in [5, 5.41) is 8.30. The minimum absolute atomic E-state index is 0.272. The number of carboxylic acids is 1. The lowest BCUT2D eigenvalue weighted by molar-refractivity contribution is -0.131. The lowest BCUT2D eigenvalue weighted by atomic mass is 10.2. The number of hydrazine groups is 1. The van der Waals surface area contributed by atoms with Crippen LogP contribution >= 0.6 is 0 Å². The van der Waals surface area contributed by atoms with Crippen molar-refractivity contribution in [2.45, 2.75) is 6.92 Å². The first-order valence-corrected chi connectivity index (χ1v) is 5.66. The van der Waals surface area contributed by atoms with Crippen LogP contribution in [0.25, 0.3) is 0 Å². The maximum absolute atomic E-state index is 11.3. The summed E-state index contributed by atoms with van der Waals surface area (Å²) < 4.78 is 5.18. The smallest absolute Gasteiger partial charge is 0.328 e. The Labute approximate surface area is 115 Å². The van der Waals surface area contributed by atoms with Crippen molar-refractivity contribution in [3.05, 3.63) is 42.0 Å². The van der Waals surface area contributed by atoms with E-state index in [-0.39, 0.29) is 6.61 Å². The Hall–Kier alpha value is -2.83. The lowest BCUT2D eigenvalue weighted by Gasteiger charge is -2.07. The van der Waals surface area contributed by atoms with Gasteiger partial charge in [-0.2, -0.15) is 0 Å². The van der Waals surface area contributed by atoms with Crippen LogP contribution in [0.4, 0.5) is 0 Å². The molecule has 2 amide bonds. The van der Waals surface area contributed by atoms with Crippen molar-refractivity contribution in [2.75, 3.05) is 6.61 Å². The van der Waals surface area contributed by atoms with Gasteiger partial charge in [0.1, 0.15) is 5.75 Å². The van der Waals surface area contributed by atoms with Crippen LogP contribution in [0.1, 0.15) is 5.56 Å². The number of carbonyl (C=O) groups excluding carboxylic acids is 2. The van der Waals surface area contributed by atoms with Gasteiger partial charge >= 0.3 is 5.97 Å². The molecule has 0 bridgehead atoms. The van der Waals surface area contributed by atoms with Crippen molar-refractivity contribution >= 4 is 17.8 Å². The monoisotopic (exact) mass is 278 g/mol. The van der Waals surface area contributed by atoms with E-state index in [1.54, 1.807) is 12.1 Å². The van der Waals surface area contributed by atoms with Crippen molar-refractivity contribution in [1.29, 1.82) is 0 Å². The van der Waals surface area contributed by atoms with Crippen LogP contribution in [0.3, 0.4) is 0 Å². The maximum atomic E-state index is 11.3. The Balaban J connectivity index is 2.28. The number of hydrogen-bond acceptors (Lipinski definition) is 4. The summed E-state index contributed by atoms with van der Waals surface area (Å²) in [6.07, 6.45) is 1.44. The van der Waals surface area contributed by atoms with E-state index in [9.17, 15) is 14.4 Å². The molecule has 0 unspecified atom stereocenters. The van der Waals surface area contributed by atoms with Gasteiger partial charge in [0.05, 0.1) is 0 Å². The summed E-state index contributed by atoms with van der Waals surface area (Å²) in [7, 11) is 0. The van der Waals surface area contributed by atoms with Gasteiger partial charge in [0.15, 0.2) is 6.61 Å². The second kappa shape index (κ2) is 7.57. The number of nitrogens with one attached hydrogen (secondary N) is 2. The fourth-order valence-electron chi connectivity index (χ4n) is 1.14. The molecule has 0 fully saturated rings. The number of amides is 2. The molecule has 7 heteroatoms. The second-order valence-corrected chi connectivity index (χ2v) is 3.81. The molecular weight excluding hydrogens is 264 g/mol. The molecule has 0 saturated heterocycles. The quantitative estimate of drug-likeness (QED) is 0.525. The third kappa shape index (κ3) is 6.20. The van der Waals surface area contributed by atoms with Crippen LogP contribution in [0, 0.1) is 6.92 Å². The van der Waals surface area contributed by atoms with E-state index in [4.69, 9.17) is 9.84 Å². The molecule has 0 aliphatic rings. The molecule has 20 heavy (non-hydrogen) atoms. The maximum Gasteiger partial charge on any atom is 0.328 e. The fourth-order valence-corrected chi connectivity index (χ4v) is 1.14. The molecule has 1 aromatic carbocycles. The van der Waals surface area contributed by atoms with Gasteiger partial charge in [-0.25, -0.2) is 4.79 Å². The van der Waals surface area contributed by atoms with Crippen molar-refractivity contribution < 1.29 is 24.2 Å². The van der Waals surface area contributed by atoms with Gasteiger partial charge in [0.25, 0.3) is 11.8 Å². The first-order chi connectivity index (χ1) is 9.47. The number of rotatable bonds is 5. The van der Waals surface area contributed by atoms with Crippen molar-refractivity contribution in [2.24, 2.45) is 0 Å². The molecule has 3 N–H and O–H groups in total. The third-order valence-corrected chi connectivity index (χ3v) is 2.09. The zero-order valence-corrected chi connectivity index (χ0v) is 10.8. The minimum Gasteiger partial charge on any atom is -0.484 e. The Bertz CT molecular complexity index is 522. The number of carbonyl (C=O) groups is 3. The van der Waals surface area contributed by atoms with E-state index in [1.807, 2.05) is 24.5 Å². The predicted octanol–water partition coefficient (Wildman–Crippen LogP) is 0.162. The highest BCUT2D eigenvalue weighted by Crippen LogP contribution is 2.10. The van der Waals surface area contributed by atoms with Gasteiger partial charge in [0.2, 0.25) is 0 Å². The van der Waals surface area contributed by atoms with E-state index in [0.717, 1.165) is 11.6 Å². The van der Waals surface area contributed by atoms with Crippen LogP contribution in [-0.2, 0) is 14.4 Å². The average Bonchev–Trinajstić information content (AvgIpc) is 2.42. The molecule has 0 atom stereocenters. The summed E-state index contributed by atoms with van der Waals surface area (Å²) in [6.45, 7) is 1.66. The Morgan fingerprint density at radius 3 is 2.40 bits per heavy atom. The number of ether oxygens (including phenoxy) is 1.